The third-order valence-electron chi connectivity index (χ3n) is 4.67. The van der Waals surface area contributed by atoms with Gasteiger partial charge in [0, 0.05) is 17.0 Å². The fourth-order valence-corrected chi connectivity index (χ4v) is 4.29. The van der Waals surface area contributed by atoms with Crippen molar-refractivity contribution in [2.24, 2.45) is 0 Å². The molecular formula is C19H20N4OS. The first-order valence-corrected chi connectivity index (χ1v) is 9.57. The molecule has 0 atom stereocenters. The van der Waals surface area contributed by atoms with E-state index in [-0.39, 0.29) is 5.78 Å². The standard InChI is InChI=1S/C19H20N4OS/c1-12-9-13(2)23-18(20-12)21-22-19(23)25-11-17(24)16-8-7-14-5-3-4-6-15(14)10-16/h7-10H,3-6,11H2,1-2H3. The molecule has 2 heterocycles. The highest BCUT2D eigenvalue weighted by Gasteiger charge is 2.15. The van der Waals surface area contributed by atoms with Crippen molar-refractivity contribution in [3.63, 3.8) is 0 Å². The zero-order valence-electron chi connectivity index (χ0n) is 14.5. The third kappa shape index (κ3) is 3.18. The molecule has 5 nitrogen and oxygen atoms in total. The van der Waals surface area contributed by atoms with Gasteiger partial charge in [-0.3, -0.25) is 9.20 Å². The van der Waals surface area contributed by atoms with Gasteiger partial charge in [0.2, 0.25) is 0 Å². The van der Waals surface area contributed by atoms with E-state index in [1.54, 1.807) is 0 Å². The van der Waals surface area contributed by atoms with Crippen LogP contribution in [0.15, 0.2) is 29.4 Å². The Bertz CT molecular complexity index is 963. The van der Waals surface area contributed by atoms with Crippen molar-refractivity contribution >= 4 is 23.3 Å². The first-order valence-electron chi connectivity index (χ1n) is 8.59. The van der Waals surface area contributed by atoms with E-state index in [1.165, 1.54) is 35.7 Å². The lowest BCUT2D eigenvalue weighted by Crippen LogP contribution is -2.08. The van der Waals surface area contributed by atoms with Crippen LogP contribution in [0.5, 0.6) is 0 Å². The van der Waals surface area contributed by atoms with Crippen LogP contribution in [-0.2, 0) is 12.8 Å². The average molecular weight is 352 g/mol. The number of carbonyl (C=O) groups is 1. The van der Waals surface area contributed by atoms with Gasteiger partial charge in [-0.05, 0) is 62.8 Å². The van der Waals surface area contributed by atoms with Crippen LogP contribution >= 0.6 is 11.8 Å². The Morgan fingerprint density at radius 3 is 2.76 bits per heavy atom. The molecule has 3 aromatic rings. The molecule has 0 unspecified atom stereocenters. The summed E-state index contributed by atoms with van der Waals surface area (Å²) in [4.78, 5) is 17.0. The fraction of sp³-hybridized carbons (Fsp3) is 0.368. The minimum Gasteiger partial charge on any atom is -0.293 e. The highest BCUT2D eigenvalue weighted by atomic mass is 32.2. The lowest BCUT2D eigenvalue weighted by Gasteiger charge is -2.16. The predicted molar refractivity (Wildman–Crippen MR) is 98.4 cm³/mol. The summed E-state index contributed by atoms with van der Waals surface area (Å²) in [6, 6.07) is 8.15. The smallest absolute Gasteiger partial charge is 0.256 e. The van der Waals surface area contributed by atoms with Crippen molar-refractivity contribution in [1.82, 2.24) is 19.6 Å². The van der Waals surface area contributed by atoms with E-state index in [2.05, 4.69) is 27.3 Å². The second-order valence-electron chi connectivity index (χ2n) is 6.56. The topological polar surface area (TPSA) is 60.2 Å². The maximum absolute atomic E-state index is 12.6. The van der Waals surface area contributed by atoms with Gasteiger partial charge in [-0.2, -0.15) is 0 Å². The molecule has 0 amide bonds. The van der Waals surface area contributed by atoms with Gasteiger partial charge in [0.25, 0.3) is 5.78 Å². The maximum Gasteiger partial charge on any atom is 0.256 e. The van der Waals surface area contributed by atoms with Gasteiger partial charge >= 0.3 is 0 Å². The summed E-state index contributed by atoms with van der Waals surface area (Å²) in [6.07, 6.45) is 4.69. The third-order valence-corrected chi connectivity index (χ3v) is 5.59. The number of ketones is 1. The molecule has 6 heteroatoms. The van der Waals surface area contributed by atoms with Crippen LogP contribution in [0, 0.1) is 13.8 Å². The molecule has 0 fully saturated rings. The van der Waals surface area contributed by atoms with Crippen LogP contribution in [0.25, 0.3) is 5.78 Å². The number of fused-ring (bicyclic) bond motifs is 2. The van der Waals surface area contributed by atoms with Crippen molar-refractivity contribution in [3.05, 3.63) is 52.3 Å². The number of aryl methyl sites for hydroxylation is 4. The number of benzene rings is 1. The lowest BCUT2D eigenvalue weighted by molar-refractivity contribution is 0.102. The van der Waals surface area contributed by atoms with Crippen molar-refractivity contribution in [3.8, 4) is 0 Å². The Morgan fingerprint density at radius 1 is 1.12 bits per heavy atom. The second-order valence-corrected chi connectivity index (χ2v) is 7.50. The van der Waals surface area contributed by atoms with Crippen LogP contribution in [0.2, 0.25) is 0 Å². The molecular weight excluding hydrogens is 332 g/mol. The number of thioether (sulfide) groups is 1. The molecule has 0 radical (unpaired) electrons. The summed E-state index contributed by atoms with van der Waals surface area (Å²) < 4.78 is 1.90. The number of Topliss-reactive ketones (excluding diaryl/α,β-unsaturated/α-hetero) is 1. The van der Waals surface area contributed by atoms with Crippen LogP contribution in [0.3, 0.4) is 0 Å². The molecule has 0 bridgehead atoms. The first kappa shape index (κ1) is 16.3. The summed E-state index contributed by atoms with van der Waals surface area (Å²) in [7, 11) is 0. The number of rotatable bonds is 4. The number of nitrogens with zero attached hydrogens (tertiary/aromatic N) is 4. The van der Waals surface area contributed by atoms with E-state index in [0.29, 0.717) is 16.7 Å². The second kappa shape index (κ2) is 6.59. The predicted octanol–water partition coefficient (Wildman–Crippen LogP) is 3.59. The summed E-state index contributed by atoms with van der Waals surface area (Å²) in [5.41, 5.74) is 5.48. The van der Waals surface area contributed by atoms with Crippen molar-refractivity contribution in [2.75, 3.05) is 5.75 Å². The molecule has 0 spiro atoms. The minimum atomic E-state index is 0.132. The molecule has 0 saturated heterocycles. The zero-order valence-corrected chi connectivity index (χ0v) is 15.3. The monoisotopic (exact) mass is 352 g/mol. The summed E-state index contributed by atoms with van der Waals surface area (Å²) in [5, 5.41) is 9.03. The van der Waals surface area contributed by atoms with Gasteiger partial charge in [-0.25, -0.2) is 4.98 Å². The van der Waals surface area contributed by atoms with E-state index >= 15 is 0 Å². The molecule has 128 valence electrons. The van der Waals surface area contributed by atoms with Crippen molar-refractivity contribution in [2.45, 2.75) is 44.7 Å². The fourth-order valence-electron chi connectivity index (χ4n) is 3.41. The molecule has 2 aromatic heterocycles. The van der Waals surface area contributed by atoms with Gasteiger partial charge in [-0.15, -0.1) is 10.2 Å². The van der Waals surface area contributed by atoms with E-state index in [4.69, 9.17) is 0 Å². The molecule has 0 N–H and O–H groups in total. The van der Waals surface area contributed by atoms with Crippen LogP contribution in [0.1, 0.15) is 45.7 Å². The Morgan fingerprint density at radius 2 is 1.92 bits per heavy atom. The van der Waals surface area contributed by atoms with Crippen LogP contribution in [0.4, 0.5) is 0 Å². The molecule has 1 aromatic carbocycles. The normalized spacial score (nSPS) is 13.8. The van der Waals surface area contributed by atoms with Crippen LogP contribution < -0.4 is 0 Å². The summed E-state index contributed by atoms with van der Waals surface area (Å²) in [6.45, 7) is 3.94. The highest BCUT2D eigenvalue weighted by Crippen LogP contribution is 2.24. The maximum atomic E-state index is 12.6. The van der Waals surface area contributed by atoms with Gasteiger partial charge < -0.3 is 0 Å². The number of hydrogen-bond acceptors (Lipinski definition) is 5. The largest absolute Gasteiger partial charge is 0.293 e. The highest BCUT2D eigenvalue weighted by molar-refractivity contribution is 7.99. The van der Waals surface area contributed by atoms with E-state index in [9.17, 15) is 4.79 Å². The van der Waals surface area contributed by atoms with E-state index in [1.807, 2.05) is 30.4 Å². The number of hydrogen-bond donors (Lipinski definition) is 0. The lowest BCUT2D eigenvalue weighted by atomic mass is 9.90. The number of aromatic nitrogens is 4. The van der Waals surface area contributed by atoms with Gasteiger partial charge in [-0.1, -0.05) is 23.9 Å². The molecule has 0 aliphatic heterocycles. The van der Waals surface area contributed by atoms with Crippen molar-refractivity contribution in [1.29, 1.82) is 0 Å². The molecule has 1 aliphatic rings. The molecule has 25 heavy (non-hydrogen) atoms. The van der Waals surface area contributed by atoms with Gasteiger partial charge in [0.1, 0.15) is 0 Å². The SMILES string of the molecule is Cc1cc(C)n2c(SCC(=O)c3ccc4c(c3)CCCC4)nnc2n1. The van der Waals surface area contributed by atoms with Crippen molar-refractivity contribution < 1.29 is 4.79 Å². The van der Waals surface area contributed by atoms with Gasteiger partial charge in [0.15, 0.2) is 10.9 Å². The van der Waals surface area contributed by atoms with Crippen LogP contribution in [-0.4, -0.2) is 31.1 Å². The molecule has 4 rings (SSSR count). The van der Waals surface area contributed by atoms with E-state index in [0.717, 1.165) is 29.8 Å². The van der Waals surface area contributed by atoms with Gasteiger partial charge in [0.05, 0.1) is 5.75 Å². The Hall–Kier alpha value is -2.21. The summed E-state index contributed by atoms with van der Waals surface area (Å²) >= 11 is 1.42. The zero-order chi connectivity index (χ0) is 17.4. The number of carbonyl (C=O) groups excluding carboxylic acids is 1. The molecule has 0 saturated carbocycles. The molecule has 1 aliphatic carbocycles. The average Bonchev–Trinajstić information content (AvgIpc) is 3.02. The summed E-state index contributed by atoms with van der Waals surface area (Å²) in [5.74, 6) is 1.07. The quantitative estimate of drug-likeness (QED) is 0.530. The Balaban J connectivity index is 1.53. The Labute approximate surface area is 150 Å². The minimum absolute atomic E-state index is 0.132. The van der Waals surface area contributed by atoms with E-state index < -0.39 is 0 Å². The first-order chi connectivity index (χ1) is 12.1. The Kier molecular flexibility index (Phi) is 4.29.